The Morgan fingerprint density at radius 3 is 2.84 bits per heavy atom. The Balaban J connectivity index is 2.11. The lowest BCUT2D eigenvalue weighted by atomic mass is 9.92. The van der Waals surface area contributed by atoms with Gasteiger partial charge in [-0.15, -0.1) is 0 Å². The van der Waals surface area contributed by atoms with Crippen molar-refractivity contribution in [1.82, 2.24) is 4.98 Å². The summed E-state index contributed by atoms with van der Waals surface area (Å²) < 4.78 is 43.8. The predicted octanol–water partition coefficient (Wildman–Crippen LogP) is 3.47. The predicted molar refractivity (Wildman–Crippen MR) is 65.9 cm³/mol. The van der Waals surface area contributed by atoms with Crippen LogP contribution in [0.3, 0.4) is 0 Å². The van der Waals surface area contributed by atoms with Crippen molar-refractivity contribution in [3.63, 3.8) is 0 Å². The normalized spacial score (nSPS) is 24.2. The second-order valence-electron chi connectivity index (χ2n) is 4.76. The monoisotopic (exact) mass is 274 g/mol. The van der Waals surface area contributed by atoms with Crippen LogP contribution < -0.4 is 5.32 Å². The molecule has 2 atom stereocenters. The second kappa shape index (κ2) is 5.77. The fraction of sp³-hybridized carbons (Fsp3) is 0.615. The Morgan fingerprint density at radius 2 is 2.16 bits per heavy atom. The van der Waals surface area contributed by atoms with Crippen molar-refractivity contribution in [1.29, 1.82) is 0 Å². The van der Waals surface area contributed by atoms with Crippen molar-refractivity contribution in [3.05, 3.63) is 23.9 Å². The molecule has 1 N–H and O–H groups in total. The first-order valence-corrected chi connectivity index (χ1v) is 6.32. The van der Waals surface area contributed by atoms with E-state index >= 15 is 0 Å². The van der Waals surface area contributed by atoms with Gasteiger partial charge in [-0.2, -0.15) is 13.2 Å². The maximum Gasteiger partial charge on any atom is 0.419 e. The van der Waals surface area contributed by atoms with E-state index in [1.807, 2.05) is 0 Å². The molecule has 0 radical (unpaired) electrons. The summed E-state index contributed by atoms with van der Waals surface area (Å²) in [6.07, 6.45) is 0.565. The number of halogens is 3. The molecule has 0 bridgehead atoms. The standard InChI is InChI=1S/C13H17F3N2O/c1-19-10-5-2-4-9(8-10)18-12-11(13(14,15)16)6-3-7-17-12/h3,6-7,9-10H,2,4-5,8H2,1H3,(H,17,18). The summed E-state index contributed by atoms with van der Waals surface area (Å²) >= 11 is 0. The van der Waals surface area contributed by atoms with Gasteiger partial charge >= 0.3 is 6.18 Å². The summed E-state index contributed by atoms with van der Waals surface area (Å²) in [7, 11) is 1.63. The molecule has 2 unspecified atom stereocenters. The number of alkyl halides is 3. The topological polar surface area (TPSA) is 34.1 Å². The highest BCUT2D eigenvalue weighted by molar-refractivity contribution is 5.46. The number of nitrogens with one attached hydrogen (secondary N) is 1. The highest BCUT2D eigenvalue weighted by atomic mass is 19.4. The van der Waals surface area contributed by atoms with Crippen LogP contribution in [0.1, 0.15) is 31.2 Å². The van der Waals surface area contributed by atoms with E-state index in [2.05, 4.69) is 10.3 Å². The number of aromatic nitrogens is 1. The number of hydrogen-bond acceptors (Lipinski definition) is 3. The molecule has 1 aromatic heterocycles. The van der Waals surface area contributed by atoms with Crippen molar-refractivity contribution in [2.24, 2.45) is 0 Å². The zero-order valence-electron chi connectivity index (χ0n) is 10.7. The summed E-state index contributed by atoms with van der Waals surface area (Å²) in [4.78, 5) is 3.82. The lowest BCUT2D eigenvalue weighted by Crippen LogP contribution is -2.32. The van der Waals surface area contributed by atoms with Gasteiger partial charge in [-0.1, -0.05) is 0 Å². The van der Waals surface area contributed by atoms with Crippen molar-refractivity contribution in [2.45, 2.75) is 44.0 Å². The van der Waals surface area contributed by atoms with Gasteiger partial charge in [0.05, 0.1) is 11.7 Å². The van der Waals surface area contributed by atoms with E-state index in [0.717, 1.165) is 25.3 Å². The number of ether oxygens (including phenoxy) is 1. The van der Waals surface area contributed by atoms with Gasteiger partial charge in [-0.25, -0.2) is 4.98 Å². The van der Waals surface area contributed by atoms with E-state index in [9.17, 15) is 13.2 Å². The zero-order valence-corrected chi connectivity index (χ0v) is 10.7. The number of pyridine rings is 1. The van der Waals surface area contributed by atoms with Gasteiger partial charge < -0.3 is 10.1 Å². The van der Waals surface area contributed by atoms with Crippen molar-refractivity contribution in [2.75, 3.05) is 12.4 Å². The third-order valence-corrected chi connectivity index (χ3v) is 3.41. The van der Waals surface area contributed by atoms with Crippen LogP contribution in [-0.4, -0.2) is 24.2 Å². The molecule has 0 aliphatic heterocycles. The lowest BCUT2D eigenvalue weighted by molar-refractivity contribution is -0.137. The largest absolute Gasteiger partial charge is 0.419 e. The van der Waals surface area contributed by atoms with E-state index in [1.54, 1.807) is 7.11 Å². The van der Waals surface area contributed by atoms with Gasteiger partial charge in [0.1, 0.15) is 5.82 Å². The van der Waals surface area contributed by atoms with E-state index in [0.29, 0.717) is 6.42 Å². The maximum atomic E-state index is 12.8. The Kier molecular flexibility index (Phi) is 4.29. The van der Waals surface area contributed by atoms with Crippen LogP contribution in [-0.2, 0) is 10.9 Å². The molecule has 1 aromatic rings. The van der Waals surface area contributed by atoms with Crippen LogP contribution in [0.5, 0.6) is 0 Å². The van der Waals surface area contributed by atoms with E-state index in [-0.39, 0.29) is 18.0 Å². The quantitative estimate of drug-likeness (QED) is 0.916. The molecule has 6 heteroatoms. The number of hydrogen-bond donors (Lipinski definition) is 1. The highest BCUT2D eigenvalue weighted by Crippen LogP contribution is 2.34. The fourth-order valence-electron chi connectivity index (χ4n) is 2.43. The third-order valence-electron chi connectivity index (χ3n) is 3.41. The first kappa shape index (κ1) is 14.1. The summed E-state index contributed by atoms with van der Waals surface area (Å²) in [6.45, 7) is 0. The molecule has 1 saturated carbocycles. The van der Waals surface area contributed by atoms with Crippen molar-refractivity contribution < 1.29 is 17.9 Å². The Labute approximate surface area is 110 Å². The van der Waals surface area contributed by atoms with Crippen LogP contribution in [0.2, 0.25) is 0 Å². The Hall–Kier alpha value is -1.30. The summed E-state index contributed by atoms with van der Waals surface area (Å²) in [5, 5.41) is 2.91. The van der Waals surface area contributed by atoms with Gasteiger partial charge in [0.25, 0.3) is 0 Å². The average Bonchev–Trinajstić information content (AvgIpc) is 2.38. The number of rotatable bonds is 3. The van der Waals surface area contributed by atoms with E-state index in [1.165, 1.54) is 12.3 Å². The minimum absolute atomic E-state index is 0.0188. The van der Waals surface area contributed by atoms with Gasteiger partial charge in [-0.05, 0) is 37.8 Å². The minimum Gasteiger partial charge on any atom is -0.381 e. The molecule has 1 aliphatic carbocycles. The molecular weight excluding hydrogens is 257 g/mol. The molecule has 106 valence electrons. The maximum absolute atomic E-state index is 12.8. The number of anilines is 1. The molecule has 1 heterocycles. The summed E-state index contributed by atoms with van der Waals surface area (Å²) in [5.41, 5.74) is -0.713. The molecule has 0 amide bonds. The summed E-state index contributed by atoms with van der Waals surface area (Å²) in [5.74, 6) is -0.0863. The average molecular weight is 274 g/mol. The Bertz CT molecular complexity index is 423. The van der Waals surface area contributed by atoms with Crippen LogP contribution in [0.4, 0.5) is 19.0 Å². The van der Waals surface area contributed by atoms with E-state index in [4.69, 9.17) is 4.74 Å². The van der Waals surface area contributed by atoms with Gasteiger partial charge in [-0.3, -0.25) is 0 Å². The smallest absolute Gasteiger partial charge is 0.381 e. The third kappa shape index (κ3) is 3.59. The second-order valence-corrected chi connectivity index (χ2v) is 4.76. The van der Waals surface area contributed by atoms with Crippen LogP contribution in [0.25, 0.3) is 0 Å². The SMILES string of the molecule is COC1CCCC(Nc2ncccc2C(F)(F)F)C1. The van der Waals surface area contributed by atoms with E-state index < -0.39 is 11.7 Å². The molecule has 2 rings (SSSR count). The first-order chi connectivity index (χ1) is 9.00. The van der Waals surface area contributed by atoms with Crippen molar-refractivity contribution in [3.8, 4) is 0 Å². The zero-order chi connectivity index (χ0) is 13.9. The molecule has 1 fully saturated rings. The molecule has 0 saturated heterocycles. The van der Waals surface area contributed by atoms with Crippen LogP contribution in [0.15, 0.2) is 18.3 Å². The molecule has 19 heavy (non-hydrogen) atoms. The number of nitrogens with zero attached hydrogens (tertiary/aromatic N) is 1. The highest BCUT2D eigenvalue weighted by Gasteiger charge is 2.35. The Morgan fingerprint density at radius 1 is 1.37 bits per heavy atom. The molecule has 3 nitrogen and oxygen atoms in total. The summed E-state index contributed by atoms with van der Waals surface area (Å²) in [6, 6.07) is 2.33. The van der Waals surface area contributed by atoms with Gasteiger partial charge in [0.15, 0.2) is 0 Å². The van der Waals surface area contributed by atoms with Gasteiger partial charge in [0, 0.05) is 19.3 Å². The molecule has 0 aromatic carbocycles. The van der Waals surface area contributed by atoms with Crippen LogP contribution in [0, 0.1) is 0 Å². The van der Waals surface area contributed by atoms with Gasteiger partial charge in [0.2, 0.25) is 0 Å². The lowest BCUT2D eigenvalue weighted by Gasteiger charge is -2.29. The fourth-order valence-corrected chi connectivity index (χ4v) is 2.43. The first-order valence-electron chi connectivity index (χ1n) is 6.32. The van der Waals surface area contributed by atoms with Crippen molar-refractivity contribution >= 4 is 5.82 Å². The molecule has 1 aliphatic rings. The molecular formula is C13H17F3N2O. The number of methoxy groups -OCH3 is 1. The van der Waals surface area contributed by atoms with Crippen LogP contribution >= 0.6 is 0 Å². The molecule has 0 spiro atoms. The minimum atomic E-state index is -4.38.